The second kappa shape index (κ2) is 20.3. The van der Waals surface area contributed by atoms with Crippen molar-refractivity contribution in [2.45, 2.75) is 26.4 Å². The first-order valence-corrected chi connectivity index (χ1v) is 21.4. The minimum Gasteiger partial charge on any atom is -0.850 e. The van der Waals surface area contributed by atoms with E-state index in [9.17, 15) is 5.11 Å². The van der Waals surface area contributed by atoms with Crippen LogP contribution in [-0.2, 0) is 0 Å². The first-order valence-electron chi connectivity index (χ1n) is 19.0. The van der Waals surface area contributed by atoms with Gasteiger partial charge in [0.2, 0.25) is 0 Å². The van der Waals surface area contributed by atoms with E-state index in [2.05, 4.69) is 251 Å². The standard InChI is InChI=1S/C24H16BrN.C12H8Br2.C12H9N.C4H9O.Na/c25-19-13-9-17(10-14-19)18-11-15-20(16-12-18)26-23-7-3-1-5-21(23)22-6-2-4-8-24(22)26;13-11-5-1-9(2-6-11)10-3-7-12(14)8-4-10;1-3-7-11-9(5-1)10-6-2-4-8-12(10)13-11;1-4(2,3)5;/h1-16H;1-8H;1-8,13H;1-3H3;/q;;;-1;+1. The van der Waals surface area contributed by atoms with Crippen LogP contribution in [0.4, 0.5) is 0 Å². The maximum absolute atomic E-state index is 10.1. The van der Waals surface area contributed by atoms with Crippen LogP contribution in [0.1, 0.15) is 20.8 Å². The number of aromatic amines is 1. The van der Waals surface area contributed by atoms with Gasteiger partial charge in [-0.05, 0) is 95.1 Å². The number of aromatic nitrogens is 2. The van der Waals surface area contributed by atoms with Gasteiger partial charge in [0.25, 0.3) is 0 Å². The van der Waals surface area contributed by atoms with Crippen LogP contribution in [0, 0.1) is 0 Å². The number of hydrogen-bond acceptors (Lipinski definition) is 1. The summed E-state index contributed by atoms with van der Waals surface area (Å²) in [5.74, 6) is 0. The van der Waals surface area contributed by atoms with Crippen LogP contribution in [0.25, 0.3) is 71.6 Å². The minimum atomic E-state index is -0.750. The molecule has 0 fully saturated rings. The summed E-state index contributed by atoms with van der Waals surface area (Å²) in [6.45, 7) is 4.90. The first-order chi connectivity index (χ1) is 28.0. The molecule has 288 valence electrons. The Balaban J connectivity index is 0.000000150. The Hall–Kier alpha value is -4.24. The molecule has 0 bridgehead atoms. The van der Waals surface area contributed by atoms with E-state index in [4.69, 9.17) is 0 Å². The third-order valence-corrected chi connectivity index (χ3v) is 10.9. The smallest absolute Gasteiger partial charge is 0.850 e. The summed E-state index contributed by atoms with van der Waals surface area (Å²) < 4.78 is 5.66. The molecule has 0 spiro atoms. The summed E-state index contributed by atoms with van der Waals surface area (Å²) in [4.78, 5) is 3.38. The zero-order valence-corrected chi connectivity index (χ0v) is 40.2. The molecule has 10 rings (SSSR count). The number of nitrogens with one attached hydrogen (secondary N) is 1. The number of rotatable bonds is 3. The van der Waals surface area contributed by atoms with E-state index < -0.39 is 5.60 Å². The van der Waals surface area contributed by atoms with Gasteiger partial charge in [-0.1, -0.05) is 190 Å². The van der Waals surface area contributed by atoms with E-state index >= 15 is 0 Å². The molecular formula is C52H42Br3N2NaO. The van der Waals surface area contributed by atoms with E-state index in [0.717, 1.165) is 13.4 Å². The number of nitrogens with zero attached hydrogens (tertiary/aromatic N) is 1. The molecule has 0 aliphatic carbocycles. The molecule has 2 heterocycles. The molecule has 7 heteroatoms. The molecule has 0 atom stereocenters. The topological polar surface area (TPSA) is 43.8 Å². The average Bonchev–Trinajstić information content (AvgIpc) is 3.78. The van der Waals surface area contributed by atoms with Crippen LogP contribution in [0.15, 0.2) is 208 Å². The molecule has 0 amide bonds. The predicted molar refractivity (Wildman–Crippen MR) is 257 cm³/mol. The van der Waals surface area contributed by atoms with Crippen LogP contribution in [0.3, 0.4) is 0 Å². The Bertz CT molecular complexity index is 2740. The molecule has 10 aromatic rings. The van der Waals surface area contributed by atoms with Crippen LogP contribution in [0.5, 0.6) is 0 Å². The van der Waals surface area contributed by atoms with Crippen LogP contribution in [0.2, 0.25) is 0 Å². The number of halogens is 3. The number of hydrogen-bond donors (Lipinski definition) is 1. The third kappa shape index (κ3) is 11.5. The zero-order chi connectivity index (χ0) is 40.6. The Morgan fingerprint density at radius 1 is 0.390 bits per heavy atom. The molecular weight excluding hydrogens is 931 g/mol. The van der Waals surface area contributed by atoms with Crippen molar-refractivity contribution in [2.24, 2.45) is 0 Å². The van der Waals surface area contributed by atoms with Gasteiger partial charge in [0.1, 0.15) is 0 Å². The largest absolute Gasteiger partial charge is 1.00 e. The van der Waals surface area contributed by atoms with E-state index in [1.807, 2.05) is 0 Å². The predicted octanol–water partition coefficient (Wildman–Crippen LogP) is 12.6. The van der Waals surface area contributed by atoms with Crippen molar-refractivity contribution < 1.29 is 34.7 Å². The van der Waals surface area contributed by atoms with E-state index in [-0.39, 0.29) is 29.6 Å². The fraction of sp³-hybridized carbons (Fsp3) is 0.0769. The number of H-pyrrole nitrogens is 1. The molecule has 59 heavy (non-hydrogen) atoms. The molecule has 3 nitrogen and oxygen atoms in total. The molecule has 0 unspecified atom stereocenters. The van der Waals surface area contributed by atoms with Crippen molar-refractivity contribution in [1.82, 2.24) is 9.55 Å². The fourth-order valence-electron chi connectivity index (χ4n) is 6.73. The zero-order valence-electron chi connectivity index (χ0n) is 33.5. The summed E-state index contributed by atoms with van der Waals surface area (Å²) >= 11 is 10.3. The summed E-state index contributed by atoms with van der Waals surface area (Å²) in [5.41, 5.74) is 10.3. The minimum absolute atomic E-state index is 0. The van der Waals surface area contributed by atoms with Gasteiger partial charge in [-0.15, -0.1) is 5.60 Å². The second-order valence-corrected chi connectivity index (χ2v) is 17.5. The van der Waals surface area contributed by atoms with E-state index in [1.54, 1.807) is 20.8 Å². The van der Waals surface area contributed by atoms with Gasteiger partial charge >= 0.3 is 29.6 Å². The maximum atomic E-state index is 10.1. The Kier molecular flexibility index (Phi) is 15.3. The Labute approximate surface area is 393 Å². The number of benzene rings is 8. The quantitative estimate of drug-likeness (QED) is 0.176. The van der Waals surface area contributed by atoms with Crippen LogP contribution < -0.4 is 34.7 Å². The van der Waals surface area contributed by atoms with E-state index in [1.165, 1.54) is 71.6 Å². The van der Waals surface area contributed by atoms with E-state index in [0.29, 0.717) is 0 Å². The van der Waals surface area contributed by atoms with Gasteiger partial charge in [0, 0.05) is 51.7 Å². The van der Waals surface area contributed by atoms with Crippen molar-refractivity contribution in [2.75, 3.05) is 0 Å². The van der Waals surface area contributed by atoms with Gasteiger partial charge < -0.3 is 14.7 Å². The molecule has 8 aromatic carbocycles. The van der Waals surface area contributed by atoms with Crippen molar-refractivity contribution >= 4 is 91.4 Å². The average molecular weight is 974 g/mol. The number of fused-ring (bicyclic) bond motifs is 6. The maximum Gasteiger partial charge on any atom is 1.00 e. The summed E-state index contributed by atoms with van der Waals surface area (Å²) in [6.07, 6.45) is 0. The molecule has 2 aromatic heterocycles. The second-order valence-electron chi connectivity index (χ2n) is 14.8. The molecule has 0 aliphatic rings. The molecule has 1 N–H and O–H groups in total. The third-order valence-electron chi connectivity index (χ3n) is 9.32. The summed E-state index contributed by atoms with van der Waals surface area (Å²) in [5, 5.41) is 15.3. The van der Waals surface area contributed by atoms with Crippen molar-refractivity contribution in [3.05, 3.63) is 208 Å². The fourth-order valence-corrected chi connectivity index (χ4v) is 7.52. The van der Waals surface area contributed by atoms with Gasteiger partial charge in [-0.2, -0.15) is 0 Å². The van der Waals surface area contributed by atoms with Crippen molar-refractivity contribution in [3.63, 3.8) is 0 Å². The molecule has 0 saturated carbocycles. The van der Waals surface area contributed by atoms with Gasteiger partial charge in [0.15, 0.2) is 0 Å². The Morgan fingerprint density at radius 2 is 0.661 bits per heavy atom. The Morgan fingerprint density at radius 3 is 1.00 bits per heavy atom. The monoisotopic (exact) mass is 970 g/mol. The first kappa shape index (κ1) is 44.3. The van der Waals surface area contributed by atoms with Crippen LogP contribution in [-0.4, -0.2) is 15.2 Å². The van der Waals surface area contributed by atoms with Crippen LogP contribution >= 0.6 is 47.8 Å². The van der Waals surface area contributed by atoms with Gasteiger partial charge in [-0.25, -0.2) is 0 Å². The molecule has 0 aliphatic heterocycles. The van der Waals surface area contributed by atoms with Gasteiger partial charge in [0.05, 0.1) is 11.0 Å². The normalized spacial score (nSPS) is 10.8. The van der Waals surface area contributed by atoms with Gasteiger partial charge in [-0.3, -0.25) is 0 Å². The SMILES string of the molecule is Brc1ccc(-c2ccc(-n3c4ccccc4c4ccccc43)cc2)cc1.Brc1ccc(-c2ccc(Br)cc2)cc1.CC(C)(C)[O-].[Na+].c1ccc2c(c1)[nH]c1ccccc12. The summed E-state index contributed by atoms with van der Waals surface area (Å²) in [7, 11) is 0. The number of para-hydroxylation sites is 4. The molecule has 0 saturated heterocycles. The summed E-state index contributed by atoms with van der Waals surface area (Å²) in [6, 6.07) is 67.8. The van der Waals surface area contributed by atoms with Crippen molar-refractivity contribution in [3.8, 4) is 27.9 Å². The van der Waals surface area contributed by atoms with Crippen molar-refractivity contribution in [1.29, 1.82) is 0 Å². The molecule has 0 radical (unpaired) electrons.